The molecule has 126 valence electrons. The minimum Gasteiger partial charge on any atom is -0.361 e. The van der Waals surface area contributed by atoms with Gasteiger partial charge >= 0.3 is 0 Å². The van der Waals surface area contributed by atoms with E-state index in [1.165, 1.54) is 0 Å². The molecular weight excluding hydrogens is 302 g/mol. The number of nitrogens with zero attached hydrogens (tertiary/aromatic N) is 2. The fourth-order valence-corrected chi connectivity index (χ4v) is 2.98. The minimum absolute atomic E-state index is 0. The van der Waals surface area contributed by atoms with Crippen LogP contribution in [-0.2, 0) is 11.2 Å². The Labute approximate surface area is 139 Å². The highest BCUT2D eigenvalue weighted by Crippen LogP contribution is 2.19. The van der Waals surface area contributed by atoms with E-state index in [-0.39, 0.29) is 18.3 Å². The second kappa shape index (κ2) is 9.16. The number of aromatic nitrogens is 1. The van der Waals surface area contributed by atoms with E-state index in [0.717, 1.165) is 68.4 Å². The third kappa shape index (κ3) is 4.99. The zero-order valence-corrected chi connectivity index (χ0v) is 14.7. The lowest BCUT2D eigenvalue weighted by Crippen LogP contribution is -2.40. The smallest absolute Gasteiger partial charge is 0.222 e. The van der Waals surface area contributed by atoms with Crippen molar-refractivity contribution in [2.45, 2.75) is 46.5 Å². The number of nitrogens with one attached hydrogen (secondary N) is 1. The quantitative estimate of drug-likeness (QED) is 0.871. The Morgan fingerprint density at radius 1 is 1.36 bits per heavy atom. The van der Waals surface area contributed by atoms with Crippen molar-refractivity contribution < 1.29 is 9.32 Å². The predicted octanol–water partition coefficient (Wildman–Crippen LogP) is 2.49. The highest BCUT2D eigenvalue weighted by Gasteiger charge is 2.22. The molecule has 1 aliphatic heterocycles. The van der Waals surface area contributed by atoms with Gasteiger partial charge in [0.25, 0.3) is 0 Å². The molecule has 0 spiro atoms. The predicted molar refractivity (Wildman–Crippen MR) is 89.4 cm³/mol. The normalized spacial score (nSPS) is 15.7. The molecular formula is C16H28ClN3O2. The summed E-state index contributed by atoms with van der Waals surface area (Å²) in [5.74, 6) is 1.82. The van der Waals surface area contributed by atoms with Crippen LogP contribution < -0.4 is 5.32 Å². The van der Waals surface area contributed by atoms with E-state index in [4.69, 9.17) is 4.52 Å². The standard InChI is InChI=1S/C16H27N3O2.ClH/c1-4-17-11-14-7-9-19(10-8-14)16(20)6-5-15-12(2)18-21-13(15)3;/h14,17H,4-11H2,1-3H3;1H. The Kier molecular flexibility index (Phi) is 7.90. The van der Waals surface area contributed by atoms with E-state index < -0.39 is 0 Å². The maximum atomic E-state index is 12.3. The number of halogens is 1. The Balaban J connectivity index is 0.00000242. The van der Waals surface area contributed by atoms with Crippen molar-refractivity contribution in [2.75, 3.05) is 26.2 Å². The van der Waals surface area contributed by atoms with Crippen LogP contribution in [0.5, 0.6) is 0 Å². The molecule has 1 aliphatic rings. The van der Waals surface area contributed by atoms with Crippen molar-refractivity contribution in [1.82, 2.24) is 15.4 Å². The molecule has 1 amide bonds. The van der Waals surface area contributed by atoms with Crippen molar-refractivity contribution in [3.8, 4) is 0 Å². The van der Waals surface area contributed by atoms with E-state index in [1.807, 2.05) is 18.7 Å². The summed E-state index contributed by atoms with van der Waals surface area (Å²) in [5.41, 5.74) is 2.00. The van der Waals surface area contributed by atoms with E-state index in [9.17, 15) is 4.79 Å². The Morgan fingerprint density at radius 3 is 2.59 bits per heavy atom. The van der Waals surface area contributed by atoms with E-state index >= 15 is 0 Å². The van der Waals surface area contributed by atoms with Crippen LogP contribution in [0.25, 0.3) is 0 Å². The molecule has 1 N–H and O–H groups in total. The third-order valence-corrected chi connectivity index (χ3v) is 4.42. The molecule has 2 heterocycles. The average Bonchev–Trinajstić information content (AvgIpc) is 2.82. The summed E-state index contributed by atoms with van der Waals surface area (Å²) in [7, 11) is 0. The summed E-state index contributed by atoms with van der Waals surface area (Å²) < 4.78 is 5.14. The first-order valence-electron chi connectivity index (χ1n) is 8.02. The van der Waals surface area contributed by atoms with Gasteiger partial charge in [-0.3, -0.25) is 4.79 Å². The molecule has 0 aromatic carbocycles. The van der Waals surface area contributed by atoms with Gasteiger partial charge in [0.1, 0.15) is 5.76 Å². The van der Waals surface area contributed by atoms with Gasteiger partial charge in [-0.1, -0.05) is 12.1 Å². The second-order valence-corrected chi connectivity index (χ2v) is 5.93. The average molecular weight is 330 g/mol. The van der Waals surface area contributed by atoms with Gasteiger partial charge < -0.3 is 14.7 Å². The highest BCUT2D eigenvalue weighted by molar-refractivity contribution is 5.85. The van der Waals surface area contributed by atoms with E-state index in [2.05, 4.69) is 17.4 Å². The third-order valence-electron chi connectivity index (χ3n) is 4.42. The summed E-state index contributed by atoms with van der Waals surface area (Å²) in [4.78, 5) is 14.3. The lowest BCUT2D eigenvalue weighted by molar-refractivity contribution is -0.132. The lowest BCUT2D eigenvalue weighted by Gasteiger charge is -2.32. The number of carbonyl (C=O) groups excluding carboxylic acids is 1. The van der Waals surface area contributed by atoms with Gasteiger partial charge in [-0.25, -0.2) is 0 Å². The van der Waals surface area contributed by atoms with Crippen molar-refractivity contribution in [3.63, 3.8) is 0 Å². The molecule has 1 saturated heterocycles. The molecule has 2 rings (SSSR count). The fraction of sp³-hybridized carbons (Fsp3) is 0.750. The van der Waals surface area contributed by atoms with E-state index in [1.54, 1.807) is 0 Å². The van der Waals surface area contributed by atoms with Crippen molar-refractivity contribution in [1.29, 1.82) is 0 Å². The number of hydrogen-bond donors (Lipinski definition) is 1. The molecule has 0 saturated carbocycles. The molecule has 0 aliphatic carbocycles. The molecule has 0 radical (unpaired) electrons. The van der Waals surface area contributed by atoms with Crippen LogP contribution in [0, 0.1) is 19.8 Å². The first kappa shape index (κ1) is 19.0. The van der Waals surface area contributed by atoms with Crippen LogP contribution in [0.4, 0.5) is 0 Å². The molecule has 22 heavy (non-hydrogen) atoms. The van der Waals surface area contributed by atoms with Crippen LogP contribution in [0.15, 0.2) is 4.52 Å². The second-order valence-electron chi connectivity index (χ2n) is 5.93. The monoisotopic (exact) mass is 329 g/mol. The largest absolute Gasteiger partial charge is 0.361 e. The zero-order chi connectivity index (χ0) is 15.2. The van der Waals surface area contributed by atoms with Crippen LogP contribution in [0.1, 0.15) is 43.2 Å². The molecule has 5 nitrogen and oxygen atoms in total. The summed E-state index contributed by atoms with van der Waals surface area (Å²) in [5, 5.41) is 7.34. The molecule has 1 aromatic rings. The first-order valence-corrected chi connectivity index (χ1v) is 8.02. The van der Waals surface area contributed by atoms with Gasteiger partial charge in [0.2, 0.25) is 5.91 Å². The number of piperidine rings is 1. The van der Waals surface area contributed by atoms with Crippen molar-refractivity contribution >= 4 is 18.3 Å². The number of carbonyl (C=O) groups is 1. The van der Waals surface area contributed by atoms with Crippen molar-refractivity contribution in [3.05, 3.63) is 17.0 Å². The summed E-state index contributed by atoms with van der Waals surface area (Å²) in [6.45, 7) is 9.88. The SMILES string of the molecule is CCNCC1CCN(C(=O)CCc2c(C)noc2C)CC1.Cl. The molecule has 1 fully saturated rings. The van der Waals surface area contributed by atoms with Crippen LogP contribution in [0.2, 0.25) is 0 Å². The number of likely N-dealkylation sites (tertiary alicyclic amines) is 1. The maximum Gasteiger partial charge on any atom is 0.222 e. The minimum atomic E-state index is 0. The van der Waals surface area contributed by atoms with Gasteiger partial charge in [-0.15, -0.1) is 12.4 Å². The Bertz CT molecular complexity index is 448. The number of amides is 1. The maximum absolute atomic E-state index is 12.3. The number of aryl methyl sites for hydroxylation is 2. The summed E-state index contributed by atoms with van der Waals surface area (Å²) in [6.07, 6.45) is 3.52. The summed E-state index contributed by atoms with van der Waals surface area (Å²) in [6, 6.07) is 0. The lowest BCUT2D eigenvalue weighted by atomic mass is 9.96. The van der Waals surface area contributed by atoms with Gasteiger partial charge in [0.15, 0.2) is 0 Å². The molecule has 6 heteroatoms. The van der Waals surface area contributed by atoms with Crippen LogP contribution >= 0.6 is 12.4 Å². The summed E-state index contributed by atoms with van der Waals surface area (Å²) >= 11 is 0. The molecule has 0 unspecified atom stereocenters. The van der Waals surface area contributed by atoms with Gasteiger partial charge in [0, 0.05) is 25.1 Å². The number of hydrogen-bond acceptors (Lipinski definition) is 4. The van der Waals surface area contributed by atoms with Crippen LogP contribution in [-0.4, -0.2) is 42.1 Å². The van der Waals surface area contributed by atoms with Crippen molar-refractivity contribution in [2.24, 2.45) is 5.92 Å². The highest BCUT2D eigenvalue weighted by atomic mass is 35.5. The van der Waals surface area contributed by atoms with Gasteiger partial charge in [-0.2, -0.15) is 0 Å². The Morgan fingerprint density at radius 2 is 2.05 bits per heavy atom. The fourth-order valence-electron chi connectivity index (χ4n) is 2.98. The Hall–Kier alpha value is -1.07. The van der Waals surface area contributed by atoms with Gasteiger partial charge in [0.05, 0.1) is 5.69 Å². The molecule has 0 bridgehead atoms. The molecule has 0 atom stereocenters. The first-order chi connectivity index (χ1) is 10.1. The molecule has 1 aromatic heterocycles. The topological polar surface area (TPSA) is 58.4 Å². The van der Waals surface area contributed by atoms with Crippen LogP contribution in [0.3, 0.4) is 0 Å². The zero-order valence-electron chi connectivity index (χ0n) is 13.9. The van der Waals surface area contributed by atoms with E-state index in [0.29, 0.717) is 6.42 Å². The van der Waals surface area contributed by atoms with Gasteiger partial charge in [-0.05, 0) is 52.1 Å². The number of rotatable bonds is 6.